The van der Waals surface area contributed by atoms with Crippen LogP contribution < -0.4 is 5.32 Å². The summed E-state index contributed by atoms with van der Waals surface area (Å²) in [7, 11) is 0. The first-order valence-electron chi connectivity index (χ1n) is 5.94. The summed E-state index contributed by atoms with van der Waals surface area (Å²) in [5.41, 5.74) is 1.73. The number of hydrogen-bond donors (Lipinski definition) is 3. The van der Waals surface area contributed by atoms with Crippen molar-refractivity contribution >= 4 is 0 Å². The van der Waals surface area contributed by atoms with Crippen LogP contribution >= 0.6 is 0 Å². The van der Waals surface area contributed by atoms with E-state index in [-0.39, 0.29) is 12.4 Å². The van der Waals surface area contributed by atoms with Crippen LogP contribution in [0.4, 0.5) is 0 Å². The van der Waals surface area contributed by atoms with Gasteiger partial charge in [-0.25, -0.2) is 0 Å². The van der Waals surface area contributed by atoms with Crippen LogP contribution in [0.1, 0.15) is 30.4 Å². The molecule has 2 rings (SSSR count). The minimum atomic E-state index is -0.103. The quantitative estimate of drug-likeness (QED) is 0.726. The van der Waals surface area contributed by atoms with E-state index in [0.29, 0.717) is 11.6 Å². The molecule has 1 aromatic carbocycles. The molecule has 1 aliphatic rings. The average Bonchev–Trinajstić information content (AvgIpc) is 2.31. The largest absolute Gasteiger partial charge is 0.508 e. The summed E-state index contributed by atoms with van der Waals surface area (Å²) >= 11 is 0. The Morgan fingerprint density at radius 3 is 2.81 bits per heavy atom. The fourth-order valence-corrected chi connectivity index (χ4v) is 2.25. The van der Waals surface area contributed by atoms with Gasteiger partial charge in [0.1, 0.15) is 5.75 Å². The highest BCUT2D eigenvalue weighted by Gasteiger charge is 2.13. The Hall–Kier alpha value is -1.06. The molecule has 0 aromatic heterocycles. The molecule has 1 fully saturated rings. The van der Waals surface area contributed by atoms with Crippen molar-refractivity contribution in [3.05, 3.63) is 29.3 Å². The smallest absolute Gasteiger partial charge is 0.121 e. The molecule has 88 valence electrons. The van der Waals surface area contributed by atoms with Crippen molar-refractivity contribution in [1.29, 1.82) is 0 Å². The first-order chi connectivity index (χ1) is 7.79. The Morgan fingerprint density at radius 2 is 2.19 bits per heavy atom. The Bertz CT molecular complexity index is 346. The number of aromatic hydroxyl groups is 1. The van der Waals surface area contributed by atoms with Gasteiger partial charge in [0.25, 0.3) is 0 Å². The molecule has 16 heavy (non-hydrogen) atoms. The molecular weight excluding hydrogens is 202 g/mol. The molecule has 0 amide bonds. The first kappa shape index (κ1) is 11.4. The summed E-state index contributed by atoms with van der Waals surface area (Å²) in [6, 6.07) is 6.09. The number of rotatable bonds is 3. The van der Waals surface area contributed by atoms with Crippen LogP contribution in [-0.2, 0) is 13.0 Å². The van der Waals surface area contributed by atoms with Gasteiger partial charge in [0, 0.05) is 11.6 Å². The number of piperidine rings is 1. The zero-order valence-electron chi connectivity index (χ0n) is 9.45. The Morgan fingerprint density at radius 1 is 1.31 bits per heavy atom. The van der Waals surface area contributed by atoms with Crippen molar-refractivity contribution in [3.63, 3.8) is 0 Å². The van der Waals surface area contributed by atoms with E-state index in [4.69, 9.17) is 5.11 Å². The van der Waals surface area contributed by atoms with Crippen LogP contribution in [0.2, 0.25) is 0 Å². The van der Waals surface area contributed by atoms with E-state index >= 15 is 0 Å². The molecule has 1 unspecified atom stereocenters. The highest BCUT2D eigenvalue weighted by atomic mass is 16.3. The third-order valence-electron chi connectivity index (χ3n) is 3.21. The SMILES string of the molecule is OCc1ccc(CC2CCCCN2)cc1O. The topological polar surface area (TPSA) is 52.5 Å². The van der Waals surface area contributed by atoms with Gasteiger partial charge in [-0.3, -0.25) is 0 Å². The van der Waals surface area contributed by atoms with E-state index in [2.05, 4.69) is 5.32 Å². The molecule has 0 saturated carbocycles. The van der Waals surface area contributed by atoms with Crippen LogP contribution in [-0.4, -0.2) is 22.8 Å². The lowest BCUT2D eigenvalue weighted by atomic mass is 9.97. The number of hydrogen-bond acceptors (Lipinski definition) is 3. The van der Waals surface area contributed by atoms with Gasteiger partial charge in [0.15, 0.2) is 0 Å². The third kappa shape index (κ3) is 2.74. The van der Waals surface area contributed by atoms with Crippen molar-refractivity contribution < 1.29 is 10.2 Å². The van der Waals surface area contributed by atoms with Crippen molar-refractivity contribution in [2.45, 2.75) is 38.3 Å². The summed E-state index contributed by atoms with van der Waals surface area (Å²) in [6.07, 6.45) is 4.73. The van der Waals surface area contributed by atoms with E-state index in [1.807, 2.05) is 6.07 Å². The number of aliphatic hydroxyl groups is 1. The van der Waals surface area contributed by atoms with Crippen LogP contribution in [0, 0.1) is 0 Å². The fourth-order valence-electron chi connectivity index (χ4n) is 2.25. The fraction of sp³-hybridized carbons (Fsp3) is 0.538. The lowest BCUT2D eigenvalue weighted by Gasteiger charge is -2.23. The number of nitrogens with one attached hydrogen (secondary N) is 1. The maximum absolute atomic E-state index is 9.64. The molecule has 0 radical (unpaired) electrons. The number of phenols is 1. The normalized spacial score (nSPS) is 20.9. The van der Waals surface area contributed by atoms with Gasteiger partial charge < -0.3 is 15.5 Å². The predicted octanol–water partition coefficient (Wildman–Crippen LogP) is 1.57. The molecule has 0 bridgehead atoms. The zero-order valence-corrected chi connectivity index (χ0v) is 9.45. The second kappa shape index (κ2) is 5.32. The van der Waals surface area contributed by atoms with Gasteiger partial charge in [0.05, 0.1) is 6.61 Å². The Labute approximate surface area is 96.1 Å². The van der Waals surface area contributed by atoms with Crippen molar-refractivity contribution in [3.8, 4) is 5.75 Å². The second-order valence-electron chi connectivity index (χ2n) is 4.47. The van der Waals surface area contributed by atoms with E-state index in [1.54, 1.807) is 12.1 Å². The van der Waals surface area contributed by atoms with Crippen LogP contribution in [0.15, 0.2) is 18.2 Å². The van der Waals surface area contributed by atoms with Crippen LogP contribution in [0.3, 0.4) is 0 Å². The van der Waals surface area contributed by atoms with E-state index in [1.165, 1.54) is 19.3 Å². The second-order valence-corrected chi connectivity index (χ2v) is 4.47. The van der Waals surface area contributed by atoms with Gasteiger partial charge in [-0.15, -0.1) is 0 Å². The standard InChI is InChI=1S/C13H19NO2/c15-9-11-5-4-10(8-13(11)16)7-12-3-1-2-6-14-12/h4-5,8,12,14-16H,1-3,6-7,9H2. The van der Waals surface area contributed by atoms with Gasteiger partial charge in [-0.1, -0.05) is 18.6 Å². The highest BCUT2D eigenvalue weighted by molar-refractivity contribution is 5.36. The molecule has 1 atom stereocenters. The predicted molar refractivity (Wildman–Crippen MR) is 63.4 cm³/mol. The summed E-state index contributed by atoms with van der Waals surface area (Å²) in [5.74, 6) is 0.204. The van der Waals surface area contributed by atoms with Crippen LogP contribution in [0.25, 0.3) is 0 Å². The Kier molecular flexibility index (Phi) is 3.80. The van der Waals surface area contributed by atoms with E-state index < -0.39 is 0 Å². The summed E-state index contributed by atoms with van der Waals surface area (Å²) in [5, 5.41) is 22.1. The molecule has 0 spiro atoms. The lowest BCUT2D eigenvalue weighted by Crippen LogP contribution is -2.35. The average molecular weight is 221 g/mol. The molecule has 1 saturated heterocycles. The zero-order chi connectivity index (χ0) is 11.4. The van der Waals surface area contributed by atoms with Gasteiger partial charge in [-0.2, -0.15) is 0 Å². The highest BCUT2D eigenvalue weighted by Crippen LogP contribution is 2.21. The monoisotopic (exact) mass is 221 g/mol. The Balaban J connectivity index is 2.01. The van der Waals surface area contributed by atoms with Crippen molar-refractivity contribution in [2.75, 3.05) is 6.54 Å². The summed E-state index contributed by atoms with van der Waals surface area (Å²) < 4.78 is 0. The summed E-state index contributed by atoms with van der Waals surface area (Å²) in [4.78, 5) is 0. The van der Waals surface area contributed by atoms with E-state index in [0.717, 1.165) is 18.5 Å². The van der Waals surface area contributed by atoms with Gasteiger partial charge >= 0.3 is 0 Å². The lowest BCUT2D eigenvalue weighted by molar-refractivity contribution is 0.275. The molecule has 3 nitrogen and oxygen atoms in total. The van der Waals surface area contributed by atoms with Crippen molar-refractivity contribution in [1.82, 2.24) is 5.32 Å². The summed E-state index contributed by atoms with van der Waals surface area (Å²) in [6.45, 7) is 0.999. The maximum atomic E-state index is 9.64. The number of benzene rings is 1. The minimum Gasteiger partial charge on any atom is -0.508 e. The number of aliphatic hydroxyl groups excluding tert-OH is 1. The first-order valence-corrected chi connectivity index (χ1v) is 5.94. The van der Waals surface area contributed by atoms with Gasteiger partial charge in [-0.05, 0) is 37.4 Å². The minimum absolute atomic E-state index is 0.103. The molecule has 1 aromatic rings. The van der Waals surface area contributed by atoms with Crippen LogP contribution in [0.5, 0.6) is 5.75 Å². The van der Waals surface area contributed by atoms with Crippen molar-refractivity contribution in [2.24, 2.45) is 0 Å². The molecule has 0 aliphatic carbocycles. The van der Waals surface area contributed by atoms with E-state index in [9.17, 15) is 5.11 Å². The molecule has 3 heteroatoms. The molecule has 1 heterocycles. The molecular formula is C13H19NO2. The molecule has 3 N–H and O–H groups in total. The molecule has 1 aliphatic heterocycles. The third-order valence-corrected chi connectivity index (χ3v) is 3.21. The van der Waals surface area contributed by atoms with Gasteiger partial charge in [0.2, 0.25) is 0 Å². The maximum Gasteiger partial charge on any atom is 0.121 e.